The fraction of sp³-hybridized carbons (Fsp3) is 0.308. The minimum atomic E-state index is -0.533. The van der Waals surface area contributed by atoms with Crippen molar-refractivity contribution >= 4 is 27.0 Å². The number of hydrogen-bond donors (Lipinski definition) is 1. The van der Waals surface area contributed by atoms with Gasteiger partial charge in [0.2, 0.25) is 0 Å². The number of para-hydroxylation sites is 2. The third-order valence-electron chi connectivity index (χ3n) is 2.70. The van der Waals surface area contributed by atoms with E-state index in [1.165, 1.54) is 0 Å². The van der Waals surface area contributed by atoms with E-state index >= 15 is 0 Å². The molecule has 0 radical (unpaired) electrons. The maximum absolute atomic E-state index is 10.00. The van der Waals surface area contributed by atoms with Crippen LogP contribution in [0.25, 0.3) is 11.0 Å². The summed E-state index contributed by atoms with van der Waals surface area (Å²) in [6.45, 7) is 6.41. The van der Waals surface area contributed by atoms with Gasteiger partial charge >= 0.3 is 0 Å². The van der Waals surface area contributed by atoms with Gasteiger partial charge in [0.25, 0.3) is 0 Å². The Bertz CT molecular complexity index is 547. The number of hydrogen-bond acceptors (Lipinski definition) is 2. The Morgan fingerprint density at radius 3 is 2.88 bits per heavy atom. The third kappa shape index (κ3) is 2.42. The summed E-state index contributed by atoms with van der Waals surface area (Å²) in [6, 6.07) is 7.88. The summed E-state index contributed by atoms with van der Waals surface area (Å²) in [7, 11) is 0. The highest BCUT2D eigenvalue weighted by atomic mass is 79.9. The third-order valence-corrected chi connectivity index (χ3v) is 2.95. The van der Waals surface area contributed by atoms with E-state index in [9.17, 15) is 5.11 Å². The van der Waals surface area contributed by atoms with Gasteiger partial charge in [0.1, 0.15) is 11.9 Å². The van der Waals surface area contributed by atoms with E-state index in [2.05, 4.69) is 27.5 Å². The second-order valence-electron chi connectivity index (χ2n) is 3.99. The van der Waals surface area contributed by atoms with Gasteiger partial charge in [-0.05, 0) is 18.6 Å². The first kappa shape index (κ1) is 12.3. The molecule has 1 heterocycles. The normalized spacial score (nSPS) is 12.9. The second-order valence-corrected chi connectivity index (χ2v) is 5.11. The molecule has 0 fully saturated rings. The lowest BCUT2D eigenvalue weighted by molar-refractivity contribution is 0.160. The van der Waals surface area contributed by atoms with Gasteiger partial charge in [-0.3, -0.25) is 0 Å². The van der Waals surface area contributed by atoms with Crippen LogP contribution in [0, 0.1) is 0 Å². The average molecular weight is 295 g/mol. The summed E-state index contributed by atoms with van der Waals surface area (Å²) in [4.78, 5) is 4.49. The molecule has 4 heteroatoms. The number of fused-ring (bicyclic) bond motifs is 1. The van der Waals surface area contributed by atoms with Crippen LogP contribution in [0.2, 0.25) is 0 Å². The molecular weight excluding hydrogens is 280 g/mol. The van der Waals surface area contributed by atoms with Crippen LogP contribution in [0.15, 0.2) is 35.3 Å². The van der Waals surface area contributed by atoms with Crippen LogP contribution in [0.5, 0.6) is 0 Å². The maximum atomic E-state index is 10.00. The van der Waals surface area contributed by atoms with Gasteiger partial charge in [0.15, 0.2) is 0 Å². The molecule has 2 aromatic rings. The molecule has 1 unspecified atom stereocenters. The quantitative estimate of drug-likeness (QED) is 0.939. The number of nitrogens with zero attached hydrogens (tertiary/aromatic N) is 2. The number of benzene rings is 1. The Hall–Kier alpha value is -1.13. The summed E-state index contributed by atoms with van der Waals surface area (Å²) in [5.74, 6) is 0.703. The van der Waals surface area contributed by atoms with Gasteiger partial charge in [-0.25, -0.2) is 4.98 Å². The first-order valence-corrected chi connectivity index (χ1v) is 6.39. The van der Waals surface area contributed by atoms with Gasteiger partial charge in [0, 0.05) is 4.48 Å². The van der Waals surface area contributed by atoms with Crippen LogP contribution in [-0.2, 0) is 6.54 Å². The van der Waals surface area contributed by atoms with Crippen LogP contribution in [0.4, 0.5) is 0 Å². The molecule has 2 rings (SSSR count). The zero-order chi connectivity index (χ0) is 12.4. The Morgan fingerprint density at radius 2 is 2.24 bits per heavy atom. The number of aromatic nitrogens is 2. The van der Waals surface area contributed by atoms with Crippen molar-refractivity contribution in [3.8, 4) is 0 Å². The highest BCUT2D eigenvalue weighted by molar-refractivity contribution is 9.11. The Kier molecular flexibility index (Phi) is 3.64. The van der Waals surface area contributed by atoms with Crippen molar-refractivity contribution in [3.63, 3.8) is 0 Å². The zero-order valence-electron chi connectivity index (χ0n) is 9.73. The lowest BCUT2D eigenvalue weighted by Gasteiger charge is -2.11. The topological polar surface area (TPSA) is 38.0 Å². The SMILES string of the molecule is C=C(Br)Cn1c(C(O)CC)nc2ccccc21. The lowest BCUT2D eigenvalue weighted by atomic mass is 10.2. The number of aliphatic hydroxyl groups excluding tert-OH is 1. The molecule has 0 saturated carbocycles. The molecule has 3 nitrogen and oxygen atoms in total. The monoisotopic (exact) mass is 294 g/mol. The van der Waals surface area contributed by atoms with Crippen molar-refractivity contribution in [2.45, 2.75) is 26.0 Å². The first-order valence-electron chi connectivity index (χ1n) is 5.60. The molecule has 0 aliphatic heterocycles. The molecule has 17 heavy (non-hydrogen) atoms. The van der Waals surface area contributed by atoms with Gasteiger partial charge in [-0.2, -0.15) is 0 Å². The molecule has 0 spiro atoms. The van der Waals surface area contributed by atoms with Gasteiger partial charge < -0.3 is 9.67 Å². The van der Waals surface area contributed by atoms with Crippen molar-refractivity contribution in [2.75, 3.05) is 0 Å². The van der Waals surface area contributed by atoms with Crippen molar-refractivity contribution in [3.05, 3.63) is 41.2 Å². The molecule has 0 aliphatic carbocycles. The molecule has 90 valence electrons. The van der Waals surface area contributed by atoms with E-state index in [0.29, 0.717) is 18.8 Å². The van der Waals surface area contributed by atoms with Crippen LogP contribution in [0.3, 0.4) is 0 Å². The van der Waals surface area contributed by atoms with E-state index in [4.69, 9.17) is 0 Å². The largest absolute Gasteiger partial charge is 0.385 e. The fourth-order valence-electron chi connectivity index (χ4n) is 1.87. The standard InChI is InChI=1S/C13H15BrN2O/c1-3-12(17)13-15-10-6-4-5-7-11(10)16(13)8-9(2)14/h4-7,12,17H,2-3,8H2,1H3. The van der Waals surface area contributed by atoms with Gasteiger partial charge in [-0.1, -0.05) is 41.6 Å². The van der Waals surface area contributed by atoms with E-state index in [1.54, 1.807) is 0 Å². The van der Waals surface area contributed by atoms with Crippen molar-refractivity contribution in [1.29, 1.82) is 0 Å². The van der Waals surface area contributed by atoms with Gasteiger partial charge in [-0.15, -0.1) is 0 Å². The van der Waals surface area contributed by atoms with Crippen molar-refractivity contribution < 1.29 is 5.11 Å². The van der Waals surface area contributed by atoms with Crippen LogP contribution >= 0.6 is 15.9 Å². The molecule has 1 aromatic carbocycles. The van der Waals surface area contributed by atoms with E-state index in [-0.39, 0.29) is 0 Å². The fourth-order valence-corrected chi connectivity index (χ4v) is 2.12. The molecule has 0 amide bonds. The summed E-state index contributed by atoms with van der Waals surface area (Å²) in [5, 5.41) is 10.00. The summed E-state index contributed by atoms with van der Waals surface area (Å²) in [5.41, 5.74) is 1.93. The predicted octanol–water partition coefficient (Wildman–Crippen LogP) is 3.39. The maximum Gasteiger partial charge on any atom is 0.139 e. The lowest BCUT2D eigenvalue weighted by Crippen LogP contribution is -2.08. The number of aliphatic hydroxyl groups is 1. The van der Waals surface area contributed by atoms with Gasteiger partial charge in [0.05, 0.1) is 17.6 Å². The minimum absolute atomic E-state index is 0.533. The Morgan fingerprint density at radius 1 is 1.53 bits per heavy atom. The molecule has 0 aliphatic rings. The smallest absolute Gasteiger partial charge is 0.139 e. The minimum Gasteiger partial charge on any atom is -0.385 e. The predicted molar refractivity (Wildman–Crippen MR) is 73.1 cm³/mol. The van der Waals surface area contributed by atoms with E-state index < -0.39 is 6.10 Å². The van der Waals surface area contributed by atoms with E-state index in [1.807, 2.05) is 35.8 Å². The zero-order valence-corrected chi connectivity index (χ0v) is 11.3. The summed E-state index contributed by atoms with van der Waals surface area (Å²) < 4.78 is 2.87. The first-order chi connectivity index (χ1) is 8.13. The summed E-state index contributed by atoms with van der Waals surface area (Å²) >= 11 is 3.36. The number of imidazole rings is 1. The molecule has 0 saturated heterocycles. The number of rotatable bonds is 4. The Balaban J connectivity index is 2.60. The van der Waals surface area contributed by atoms with Crippen LogP contribution in [-0.4, -0.2) is 14.7 Å². The molecule has 1 N–H and O–H groups in total. The number of halogens is 1. The molecule has 1 aromatic heterocycles. The summed E-state index contributed by atoms with van der Waals surface area (Å²) in [6.07, 6.45) is 0.118. The average Bonchev–Trinajstić information content (AvgIpc) is 2.67. The highest BCUT2D eigenvalue weighted by Crippen LogP contribution is 2.24. The highest BCUT2D eigenvalue weighted by Gasteiger charge is 2.16. The molecule has 1 atom stereocenters. The van der Waals surface area contributed by atoms with Crippen molar-refractivity contribution in [2.24, 2.45) is 0 Å². The second kappa shape index (κ2) is 5.02. The van der Waals surface area contributed by atoms with E-state index in [0.717, 1.165) is 15.5 Å². The molecule has 0 bridgehead atoms. The van der Waals surface area contributed by atoms with Crippen molar-refractivity contribution in [1.82, 2.24) is 9.55 Å². The number of allylic oxidation sites excluding steroid dienone is 1. The van der Waals surface area contributed by atoms with Crippen LogP contribution < -0.4 is 0 Å². The van der Waals surface area contributed by atoms with Crippen LogP contribution in [0.1, 0.15) is 25.3 Å². The Labute approximate surface area is 109 Å². The molecular formula is C13H15BrN2O.